The van der Waals surface area contributed by atoms with Crippen molar-refractivity contribution in [2.45, 2.75) is 24.8 Å². The molecule has 2 heterocycles. The van der Waals surface area contributed by atoms with Crippen LogP contribution in [0.2, 0.25) is 0 Å². The van der Waals surface area contributed by atoms with Gasteiger partial charge in [-0.2, -0.15) is 0 Å². The van der Waals surface area contributed by atoms with E-state index in [0.717, 1.165) is 29.4 Å². The lowest BCUT2D eigenvalue weighted by atomic mass is 9.76. The highest BCUT2D eigenvalue weighted by Gasteiger charge is 2.42. The second-order valence-electron chi connectivity index (χ2n) is 4.94. The highest BCUT2D eigenvalue weighted by atomic mass is 16.1. The molecule has 0 atom stereocenters. The number of rotatable bonds is 0. The van der Waals surface area contributed by atoms with Gasteiger partial charge in [-0.15, -0.1) is 0 Å². The summed E-state index contributed by atoms with van der Waals surface area (Å²) in [5, 5.41) is 1.13. The Morgan fingerprint density at radius 2 is 2.06 bits per heavy atom. The number of carbonyl (C=O) groups excluding carboxylic acids is 1. The Bertz CT molecular complexity index is 662. The summed E-state index contributed by atoms with van der Waals surface area (Å²) in [5.41, 5.74) is 1.88. The van der Waals surface area contributed by atoms with Crippen molar-refractivity contribution in [1.82, 2.24) is 4.57 Å². The Kier molecular flexibility index (Phi) is 1.54. The molecule has 2 aromatic rings. The van der Waals surface area contributed by atoms with E-state index in [9.17, 15) is 4.79 Å². The number of para-hydroxylation sites is 1. The fourth-order valence-corrected chi connectivity index (χ4v) is 2.99. The van der Waals surface area contributed by atoms with Gasteiger partial charge in [0.25, 0.3) is 5.91 Å². The number of benzene rings is 1. The van der Waals surface area contributed by atoms with Crippen molar-refractivity contribution in [1.29, 1.82) is 0 Å². The summed E-state index contributed by atoms with van der Waals surface area (Å²) < 4.78 is 2.20. The van der Waals surface area contributed by atoms with Gasteiger partial charge in [0.15, 0.2) is 0 Å². The Balaban J connectivity index is 2.11. The van der Waals surface area contributed by atoms with Crippen LogP contribution in [0.15, 0.2) is 35.3 Å². The van der Waals surface area contributed by atoms with Crippen LogP contribution in [-0.4, -0.2) is 16.7 Å². The second-order valence-corrected chi connectivity index (χ2v) is 4.94. The highest BCUT2D eigenvalue weighted by Crippen LogP contribution is 2.43. The zero-order chi connectivity index (χ0) is 11.5. The van der Waals surface area contributed by atoms with E-state index in [1.807, 2.05) is 24.4 Å². The summed E-state index contributed by atoms with van der Waals surface area (Å²) in [4.78, 5) is 15.9. The van der Waals surface area contributed by atoms with Crippen LogP contribution >= 0.6 is 0 Å². The first-order chi connectivity index (χ1) is 8.30. The maximum Gasteiger partial charge on any atom is 0.293 e. The van der Waals surface area contributed by atoms with Gasteiger partial charge >= 0.3 is 0 Å². The van der Waals surface area contributed by atoms with Gasteiger partial charge < -0.3 is 4.57 Å². The molecular formula is C14H12N2O. The molecule has 3 heteroatoms. The molecule has 2 aliphatic rings. The molecule has 0 unspecified atom stereocenters. The van der Waals surface area contributed by atoms with Gasteiger partial charge in [0.2, 0.25) is 0 Å². The quantitative estimate of drug-likeness (QED) is 0.677. The third-order valence-corrected chi connectivity index (χ3v) is 4.02. The van der Waals surface area contributed by atoms with E-state index in [1.54, 1.807) is 0 Å². The van der Waals surface area contributed by atoms with Crippen molar-refractivity contribution in [3.05, 3.63) is 36.0 Å². The molecule has 1 aromatic carbocycles. The highest BCUT2D eigenvalue weighted by molar-refractivity contribution is 6.06. The van der Waals surface area contributed by atoms with Crippen LogP contribution < -0.4 is 0 Å². The van der Waals surface area contributed by atoms with Crippen molar-refractivity contribution in [2.75, 3.05) is 0 Å². The van der Waals surface area contributed by atoms with E-state index in [1.165, 1.54) is 6.42 Å². The minimum Gasteiger partial charge on any atom is -0.325 e. The number of amides is 1. The largest absolute Gasteiger partial charge is 0.325 e. The van der Waals surface area contributed by atoms with Gasteiger partial charge in [-0.1, -0.05) is 18.2 Å². The number of hydrogen-bond donors (Lipinski definition) is 0. The number of nitrogens with zero attached hydrogens (tertiary/aromatic N) is 2. The molecule has 1 aromatic heterocycles. The number of aromatic nitrogens is 1. The maximum atomic E-state index is 11.9. The number of carbonyl (C=O) groups is 1. The minimum atomic E-state index is -0.112. The minimum absolute atomic E-state index is 0.0215. The molecule has 1 amide bonds. The summed E-state index contributed by atoms with van der Waals surface area (Å²) >= 11 is 0. The number of aliphatic imine (C=N–C) groups is 1. The van der Waals surface area contributed by atoms with E-state index < -0.39 is 0 Å². The SMILES string of the molecule is O=C1N=CC2(CCC2)n2c1cc1ccccc12. The van der Waals surface area contributed by atoms with Crippen LogP contribution in [0.3, 0.4) is 0 Å². The summed E-state index contributed by atoms with van der Waals surface area (Å²) in [6.45, 7) is 0. The van der Waals surface area contributed by atoms with Crippen molar-refractivity contribution < 1.29 is 4.79 Å². The third-order valence-electron chi connectivity index (χ3n) is 4.02. The topological polar surface area (TPSA) is 34.4 Å². The lowest BCUT2D eigenvalue weighted by molar-refractivity contribution is 0.0969. The fraction of sp³-hybridized carbons (Fsp3) is 0.286. The van der Waals surface area contributed by atoms with Crippen LogP contribution in [-0.2, 0) is 5.54 Å². The van der Waals surface area contributed by atoms with Crippen LogP contribution in [0.4, 0.5) is 0 Å². The third kappa shape index (κ3) is 1.01. The first kappa shape index (κ1) is 9.16. The monoisotopic (exact) mass is 224 g/mol. The molecule has 1 spiro atoms. The van der Waals surface area contributed by atoms with Gasteiger partial charge in [-0.05, 0) is 31.4 Å². The van der Waals surface area contributed by atoms with Gasteiger partial charge in [0.1, 0.15) is 5.69 Å². The first-order valence-electron chi connectivity index (χ1n) is 6.01. The summed E-state index contributed by atoms with van der Waals surface area (Å²) in [5.74, 6) is -0.112. The van der Waals surface area contributed by atoms with E-state index in [4.69, 9.17) is 0 Å². The van der Waals surface area contributed by atoms with Crippen molar-refractivity contribution in [3.8, 4) is 0 Å². The zero-order valence-electron chi connectivity index (χ0n) is 9.39. The summed E-state index contributed by atoms with van der Waals surface area (Å²) in [6.07, 6.45) is 5.26. The van der Waals surface area contributed by atoms with E-state index in [-0.39, 0.29) is 11.4 Å². The second kappa shape index (κ2) is 2.86. The maximum absolute atomic E-state index is 11.9. The molecule has 84 valence electrons. The Morgan fingerprint density at radius 1 is 1.24 bits per heavy atom. The lowest BCUT2D eigenvalue weighted by Crippen LogP contribution is -2.45. The van der Waals surface area contributed by atoms with E-state index in [2.05, 4.69) is 21.7 Å². The van der Waals surface area contributed by atoms with Crippen LogP contribution in [0, 0.1) is 0 Å². The molecule has 0 saturated heterocycles. The van der Waals surface area contributed by atoms with Gasteiger partial charge in [-0.25, -0.2) is 4.99 Å². The van der Waals surface area contributed by atoms with Crippen LogP contribution in [0.25, 0.3) is 10.9 Å². The molecule has 0 bridgehead atoms. The van der Waals surface area contributed by atoms with Gasteiger partial charge in [0.05, 0.1) is 5.54 Å². The summed E-state index contributed by atoms with van der Waals surface area (Å²) in [7, 11) is 0. The molecule has 4 rings (SSSR count). The molecule has 0 N–H and O–H groups in total. The predicted octanol–water partition coefficient (Wildman–Crippen LogP) is 2.75. The standard InChI is InChI=1S/C14H12N2O/c17-13-12-8-10-4-1-2-5-11(10)16(12)14(9-15-13)6-3-7-14/h1-2,4-5,8-9H,3,6-7H2. The fourth-order valence-electron chi connectivity index (χ4n) is 2.99. The average molecular weight is 224 g/mol. The average Bonchev–Trinajstić information content (AvgIpc) is 2.69. The number of hydrogen-bond acceptors (Lipinski definition) is 1. The Hall–Kier alpha value is -1.90. The molecule has 17 heavy (non-hydrogen) atoms. The zero-order valence-corrected chi connectivity index (χ0v) is 9.39. The van der Waals surface area contributed by atoms with E-state index >= 15 is 0 Å². The normalized spacial score (nSPS) is 20.6. The number of fused-ring (bicyclic) bond motifs is 4. The molecule has 1 fully saturated rings. The molecular weight excluding hydrogens is 212 g/mol. The van der Waals surface area contributed by atoms with Crippen molar-refractivity contribution in [3.63, 3.8) is 0 Å². The Labute approximate surface area is 98.8 Å². The Morgan fingerprint density at radius 3 is 2.82 bits per heavy atom. The molecule has 0 radical (unpaired) electrons. The van der Waals surface area contributed by atoms with Crippen LogP contribution in [0.1, 0.15) is 29.8 Å². The van der Waals surface area contributed by atoms with Crippen molar-refractivity contribution in [2.24, 2.45) is 4.99 Å². The summed E-state index contributed by atoms with van der Waals surface area (Å²) in [6, 6.07) is 10.1. The van der Waals surface area contributed by atoms with Crippen LogP contribution in [0.5, 0.6) is 0 Å². The molecule has 3 nitrogen and oxygen atoms in total. The van der Waals surface area contributed by atoms with Gasteiger partial charge in [-0.3, -0.25) is 4.79 Å². The van der Waals surface area contributed by atoms with E-state index in [0.29, 0.717) is 0 Å². The first-order valence-corrected chi connectivity index (χ1v) is 6.01. The molecule has 1 aliphatic heterocycles. The predicted molar refractivity (Wildman–Crippen MR) is 66.6 cm³/mol. The lowest BCUT2D eigenvalue weighted by Gasteiger charge is -2.43. The molecule has 1 aliphatic carbocycles. The molecule has 1 saturated carbocycles. The smallest absolute Gasteiger partial charge is 0.293 e. The van der Waals surface area contributed by atoms with Crippen molar-refractivity contribution >= 4 is 23.0 Å². The van der Waals surface area contributed by atoms with Gasteiger partial charge in [0, 0.05) is 17.1 Å².